The molecule has 0 aromatic rings. The van der Waals surface area contributed by atoms with E-state index in [1.54, 1.807) is 0 Å². The molecule has 39 heavy (non-hydrogen) atoms. The van der Waals surface area contributed by atoms with Crippen LogP contribution in [-0.4, -0.2) is 23.9 Å². The summed E-state index contributed by atoms with van der Waals surface area (Å²) in [5.41, 5.74) is 0. The first kappa shape index (κ1) is 52.8. The van der Waals surface area contributed by atoms with Crippen LogP contribution in [0.4, 0.5) is 0 Å². The van der Waals surface area contributed by atoms with Gasteiger partial charge in [0, 0.05) is 150 Å². The quantitative estimate of drug-likeness (QED) is 0.0601. The van der Waals surface area contributed by atoms with Crippen molar-refractivity contribution in [1.29, 1.82) is 0 Å². The van der Waals surface area contributed by atoms with Crippen LogP contribution >= 0.6 is 7.60 Å². The average molecular weight is 872 g/mol. The smallest absolute Gasteiger partial charge is 0.324 e. The summed E-state index contributed by atoms with van der Waals surface area (Å²) in [6.07, 6.45) is 32.6. The third kappa shape index (κ3) is 49.3. The molecule has 0 saturated carbocycles. The standard InChI is InChI=1S/C30H61O4P.4Y/c1-3-4-5-6-7-8-9-10-11-12-13-14-15-16-17-18-19-21-24-27-30(31)28-25-22-20-23-26-29-34-35(2,32)33;;;;/h3-29H2,1-2H3,(H,32,33);;;;. The number of carbonyl (C=O) groups excluding carboxylic acids is 1. The molecule has 4 radical (unpaired) electrons. The number of hydrogen-bond donors (Lipinski definition) is 1. The molecule has 0 heterocycles. The Hall–Kier alpha value is 4.24. The molecule has 0 bridgehead atoms. The molecule has 0 aliphatic carbocycles. The second kappa shape index (κ2) is 42.2. The van der Waals surface area contributed by atoms with Crippen molar-refractivity contribution in [3.63, 3.8) is 0 Å². The molecule has 1 unspecified atom stereocenters. The predicted molar refractivity (Wildman–Crippen MR) is 152 cm³/mol. The molecule has 0 aliphatic rings. The van der Waals surface area contributed by atoms with Crippen molar-refractivity contribution in [3.05, 3.63) is 0 Å². The van der Waals surface area contributed by atoms with E-state index in [0.29, 0.717) is 12.4 Å². The summed E-state index contributed by atoms with van der Waals surface area (Å²) >= 11 is 0. The molecule has 1 N–H and O–H groups in total. The van der Waals surface area contributed by atoms with Gasteiger partial charge < -0.3 is 9.42 Å². The Bertz CT molecular complexity index is 507. The number of Topliss-reactive ketones (excluding diaryl/α,β-unsaturated/α-hetero) is 1. The van der Waals surface area contributed by atoms with Crippen LogP contribution in [0.25, 0.3) is 0 Å². The minimum absolute atomic E-state index is 0. The van der Waals surface area contributed by atoms with Crippen LogP contribution in [0.5, 0.6) is 0 Å². The largest absolute Gasteiger partial charge is 0.325 e. The van der Waals surface area contributed by atoms with E-state index in [4.69, 9.17) is 9.42 Å². The molecular weight excluding hydrogens is 811 g/mol. The zero-order valence-corrected chi connectivity index (χ0v) is 38.3. The summed E-state index contributed by atoms with van der Waals surface area (Å²) in [4.78, 5) is 21.0. The molecule has 0 aromatic heterocycles. The first-order chi connectivity index (χ1) is 17.0. The Morgan fingerprint density at radius 1 is 0.513 bits per heavy atom. The first-order valence-corrected chi connectivity index (χ1v) is 17.4. The maximum absolute atomic E-state index is 12.0. The van der Waals surface area contributed by atoms with Gasteiger partial charge in [0.15, 0.2) is 0 Å². The third-order valence-electron chi connectivity index (χ3n) is 6.99. The molecule has 0 fully saturated rings. The van der Waals surface area contributed by atoms with E-state index in [0.717, 1.165) is 51.4 Å². The fraction of sp³-hybridized carbons (Fsp3) is 0.967. The molecule has 0 saturated heterocycles. The van der Waals surface area contributed by atoms with Gasteiger partial charge in [-0.25, -0.2) is 0 Å². The Labute approximate surface area is 344 Å². The van der Waals surface area contributed by atoms with Crippen molar-refractivity contribution < 1.29 is 150 Å². The summed E-state index contributed by atoms with van der Waals surface area (Å²) in [5, 5.41) is 0. The molecular formula is C30H61O4PY4. The predicted octanol–water partition coefficient (Wildman–Crippen LogP) is 10.5. The molecule has 222 valence electrons. The van der Waals surface area contributed by atoms with E-state index in [-0.39, 0.29) is 131 Å². The van der Waals surface area contributed by atoms with Gasteiger partial charge in [-0.05, 0) is 19.3 Å². The van der Waals surface area contributed by atoms with Crippen molar-refractivity contribution in [2.24, 2.45) is 0 Å². The number of rotatable bonds is 29. The van der Waals surface area contributed by atoms with Crippen LogP contribution in [0.15, 0.2) is 0 Å². The minimum Gasteiger partial charge on any atom is -0.324 e. The van der Waals surface area contributed by atoms with E-state index >= 15 is 0 Å². The average Bonchev–Trinajstić information content (AvgIpc) is 2.81. The van der Waals surface area contributed by atoms with Crippen molar-refractivity contribution in [1.82, 2.24) is 0 Å². The fourth-order valence-electron chi connectivity index (χ4n) is 4.71. The Morgan fingerprint density at radius 3 is 1.05 bits per heavy atom. The van der Waals surface area contributed by atoms with Crippen molar-refractivity contribution in [2.75, 3.05) is 13.3 Å². The Balaban J connectivity index is -0.000000963. The molecule has 1 atom stereocenters. The van der Waals surface area contributed by atoms with Crippen LogP contribution < -0.4 is 0 Å². The molecule has 0 spiro atoms. The number of hydrogen-bond acceptors (Lipinski definition) is 3. The summed E-state index contributed by atoms with van der Waals surface area (Å²) in [6.45, 7) is 3.86. The van der Waals surface area contributed by atoms with Crippen LogP contribution in [0.2, 0.25) is 0 Å². The summed E-state index contributed by atoms with van der Waals surface area (Å²) in [6, 6.07) is 0. The van der Waals surface area contributed by atoms with Crippen molar-refractivity contribution in [3.8, 4) is 0 Å². The van der Waals surface area contributed by atoms with Gasteiger partial charge in [-0.1, -0.05) is 142 Å². The van der Waals surface area contributed by atoms with Crippen LogP contribution in [0, 0.1) is 0 Å². The van der Waals surface area contributed by atoms with Gasteiger partial charge in [0.25, 0.3) is 0 Å². The van der Waals surface area contributed by atoms with Gasteiger partial charge in [0.1, 0.15) is 5.78 Å². The third-order valence-corrected chi connectivity index (χ3v) is 7.65. The van der Waals surface area contributed by atoms with Gasteiger partial charge in [-0.2, -0.15) is 0 Å². The first-order valence-electron chi connectivity index (χ1n) is 15.4. The zero-order valence-electron chi connectivity index (χ0n) is 26.0. The zero-order chi connectivity index (χ0) is 25.9. The van der Waals surface area contributed by atoms with Crippen LogP contribution in [0.1, 0.15) is 174 Å². The van der Waals surface area contributed by atoms with Crippen molar-refractivity contribution >= 4 is 13.4 Å². The van der Waals surface area contributed by atoms with Gasteiger partial charge in [-0.3, -0.25) is 9.36 Å². The van der Waals surface area contributed by atoms with Crippen LogP contribution in [0.3, 0.4) is 0 Å². The maximum atomic E-state index is 12.0. The van der Waals surface area contributed by atoms with E-state index in [1.807, 2.05) is 0 Å². The molecule has 0 rings (SSSR count). The molecule has 0 amide bonds. The van der Waals surface area contributed by atoms with E-state index < -0.39 is 7.60 Å². The van der Waals surface area contributed by atoms with Crippen LogP contribution in [-0.2, 0) is 145 Å². The second-order valence-corrected chi connectivity index (χ2v) is 12.7. The summed E-state index contributed by atoms with van der Waals surface area (Å²) in [7, 11) is -3.32. The minimum atomic E-state index is -3.32. The number of unbranched alkanes of at least 4 members (excludes halogenated alkanes) is 22. The normalized spacial score (nSPS) is 11.9. The molecule has 9 heteroatoms. The monoisotopic (exact) mass is 872 g/mol. The molecule has 0 aromatic carbocycles. The van der Waals surface area contributed by atoms with E-state index in [1.165, 1.54) is 122 Å². The SMILES string of the molecule is CCCCCCCCCCCCCCCCCCCCCC(=O)CCCCCCCOP(C)(=O)O.[Y].[Y].[Y].[Y]. The van der Waals surface area contributed by atoms with Gasteiger partial charge in [-0.15, -0.1) is 0 Å². The van der Waals surface area contributed by atoms with E-state index in [2.05, 4.69) is 6.92 Å². The van der Waals surface area contributed by atoms with Gasteiger partial charge in [0.05, 0.1) is 6.61 Å². The number of ketones is 1. The Kier molecular flexibility index (Phi) is 57.1. The second-order valence-electron chi connectivity index (χ2n) is 10.8. The number of carbonyl (C=O) groups is 1. The van der Waals surface area contributed by atoms with Crippen molar-refractivity contribution in [2.45, 2.75) is 174 Å². The molecule has 0 aliphatic heterocycles. The van der Waals surface area contributed by atoms with E-state index in [9.17, 15) is 9.36 Å². The maximum Gasteiger partial charge on any atom is 0.325 e. The summed E-state index contributed by atoms with van der Waals surface area (Å²) in [5.74, 6) is 0.424. The van der Waals surface area contributed by atoms with Gasteiger partial charge in [0.2, 0.25) is 0 Å². The fourth-order valence-corrected chi connectivity index (χ4v) is 5.18. The Morgan fingerprint density at radius 2 is 0.769 bits per heavy atom. The van der Waals surface area contributed by atoms with Gasteiger partial charge >= 0.3 is 7.60 Å². The topological polar surface area (TPSA) is 63.6 Å². The molecule has 4 nitrogen and oxygen atoms in total. The summed E-state index contributed by atoms with van der Waals surface area (Å²) < 4.78 is 15.9.